The lowest BCUT2D eigenvalue weighted by Crippen LogP contribution is -2.33. The molecule has 0 bridgehead atoms. The van der Waals surface area contributed by atoms with Gasteiger partial charge in [0.15, 0.2) is 0 Å². The number of hydrogen-bond acceptors (Lipinski definition) is 4. The smallest absolute Gasteiger partial charge is 0.258 e. The van der Waals surface area contributed by atoms with Crippen LogP contribution in [0, 0.1) is 6.92 Å². The number of halogens is 1. The highest BCUT2D eigenvalue weighted by Gasteiger charge is 2.17. The summed E-state index contributed by atoms with van der Waals surface area (Å²) in [5.74, 6) is 0.309. The number of carbonyl (C=O) groups is 1. The number of carbonyl (C=O) groups excluding carboxylic acids is 1. The minimum atomic E-state index is -0.245. The maximum Gasteiger partial charge on any atom is 0.258 e. The van der Waals surface area contributed by atoms with Gasteiger partial charge in [-0.15, -0.1) is 0 Å². The largest absolute Gasteiger partial charge is 0.331 e. The Hall–Kier alpha value is -2.73. The van der Waals surface area contributed by atoms with Crippen molar-refractivity contribution in [3.63, 3.8) is 0 Å². The molecule has 0 aliphatic rings. The van der Waals surface area contributed by atoms with Crippen LogP contribution in [0.1, 0.15) is 35.2 Å². The summed E-state index contributed by atoms with van der Waals surface area (Å²) in [6.07, 6.45) is 2.41. The Labute approximate surface area is 155 Å². The molecule has 2 aromatic heterocycles. The van der Waals surface area contributed by atoms with E-state index in [9.17, 15) is 9.59 Å². The van der Waals surface area contributed by atoms with E-state index in [4.69, 9.17) is 11.6 Å². The monoisotopic (exact) mass is 370 g/mol. The van der Waals surface area contributed by atoms with Crippen LogP contribution in [-0.2, 0) is 6.54 Å². The molecule has 3 rings (SSSR count). The van der Waals surface area contributed by atoms with E-state index in [0.717, 1.165) is 12.1 Å². The first-order valence-corrected chi connectivity index (χ1v) is 8.76. The molecule has 0 saturated heterocycles. The molecule has 0 spiro atoms. The normalized spacial score (nSPS) is 10.9. The van der Waals surface area contributed by atoms with Crippen molar-refractivity contribution < 1.29 is 4.79 Å². The maximum absolute atomic E-state index is 12.9. The van der Waals surface area contributed by atoms with Gasteiger partial charge in [0, 0.05) is 29.0 Å². The van der Waals surface area contributed by atoms with Crippen molar-refractivity contribution in [1.29, 1.82) is 0 Å². The number of aromatic amines is 1. The Kier molecular flexibility index (Phi) is 5.32. The molecular formula is C19H19ClN4O2. The summed E-state index contributed by atoms with van der Waals surface area (Å²) in [5.41, 5.74) is 1.61. The quantitative estimate of drug-likeness (QED) is 0.747. The molecule has 0 aliphatic heterocycles. The number of fused-ring (bicyclic) bond motifs is 1. The number of aryl methyl sites for hydroxylation is 1. The third kappa shape index (κ3) is 3.91. The van der Waals surface area contributed by atoms with Crippen LogP contribution in [0.15, 0.2) is 41.3 Å². The molecule has 1 aromatic carbocycles. The highest BCUT2D eigenvalue weighted by atomic mass is 35.5. The Morgan fingerprint density at radius 1 is 1.27 bits per heavy atom. The van der Waals surface area contributed by atoms with Crippen LogP contribution in [0.3, 0.4) is 0 Å². The first-order valence-electron chi connectivity index (χ1n) is 8.38. The van der Waals surface area contributed by atoms with Gasteiger partial charge >= 0.3 is 0 Å². The van der Waals surface area contributed by atoms with Gasteiger partial charge in [-0.1, -0.05) is 18.5 Å². The first-order chi connectivity index (χ1) is 12.5. The summed E-state index contributed by atoms with van der Waals surface area (Å²) in [5, 5.41) is 0.978. The number of aromatic nitrogens is 3. The van der Waals surface area contributed by atoms with E-state index in [-0.39, 0.29) is 18.0 Å². The average Bonchev–Trinajstić information content (AvgIpc) is 2.60. The van der Waals surface area contributed by atoms with Crippen molar-refractivity contribution in [2.24, 2.45) is 0 Å². The summed E-state index contributed by atoms with van der Waals surface area (Å²) in [7, 11) is 0. The zero-order chi connectivity index (χ0) is 18.7. The zero-order valence-electron chi connectivity index (χ0n) is 14.6. The van der Waals surface area contributed by atoms with E-state index in [0.29, 0.717) is 33.9 Å². The van der Waals surface area contributed by atoms with E-state index >= 15 is 0 Å². The molecule has 0 radical (unpaired) electrons. The second-order valence-corrected chi connectivity index (χ2v) is 6.52. The molecule has 6 nitrogen and oxygen atoms in total. The Balaban J connectivity index is 1.94. The predicted molar refractivity (Wildman–Crippen MR) is 101 cm³/mol. The molecule has 1 amide bonds. The molecule has 0 saturated carbocycles. The van der Waals surface area contributed by atoms with Crippen LogP contribution in [0.25, 0.3) is 10.9 Å². The number of hydrogen-bond donors (Lipinski definition) is 1. The van der Waals surface area contributed by atoms with Crippen molar-refractivity contribution in [2.45, 2.75) is 26.8 Å². The molecule has 0 fully saturated rings. The maximum atomic E-state index is 12.9. The van der Waals surface area contributed by atoms with Crippen LogP contribution in [0.5, 0.6) is 0 Å². The van der Waals surface area contributed by atoms with E-state index in [1.807, 2.05) is 13.8 Å². The van der Waals surface area contributed by atoms with Crippen LogP contribution in [0.2, 0.25) is 5.02 Å². The topological polar surface area (TPSA) is 79.0 Å². The molecule has 3 aromatic rings. The number of pyridine rings is 1. The second-order valence-electron chi connectivity index (χ2n) is 6.09. The molecule has 134 valence electrons. The van der Waals surface area contributed by atoms with Crippen LogP contribution >= 0.6 is 11.6 Å². The highest BCUT2D eigenvalue weighted by molar-refractivity contribution is 6.31. The fourth-order valence-electron chi connectivity index (χ4n) is 2.80. The fraction of sp³-hybridized carbons (Fsp3) is 0.263. The van der Waals surface area contributed by atoms with Crippen molar-refractivity contribution in [3.05, 3.63) is 69.0 Å². The van der Waals surface area contributed by atoms with Crippen molar-refractivity contribution in [2.75, 3.05) is 6.54 Å². The van der Waals surface area contributed by atoms with E-state index in [1.165, 1.54) is 0 Å². The van der Waals surface area contributed by atoms with E-state index in [1.54, 1.807) is 41.4 Å². The third-order valence-electron chi connectivity index (χ3n) is 3.98. The van der Waals surface area contributed by atoms with E-state index < -0.39 is 0 Å². The zero-order valence-corrected chi connectivity index (χ0v) is 15.4. The lowest BCUT2D eigenvalue weighted by molar-refractivity contribution is 0.0738. The van der Waals surface area contributed by atoms with E-state index in [2.05, 4.69) is 15.0 Å². The second kappa shape index (κ2) is 7.66. The average molecular weight is 371 g/mol. The summed E-state index contributed by atoms with van der Waals surface area (Å²) >= 11 is 6.00. The van der Waals surface area contributed by atoms with Gasteiger partial charge in [-0.3, -0.25) is 14.6 Å². The van der Waals surface area contributed by atoms with Gasteiger partial charge in [-0.05, 0) is 43.7 Å². The highest BCUT2D eigenvalue weighted by Crippen LogP contribution is 2.15. The van der Waals surface area contributed by atoms with Gasteiger partial charge in [0.25, 0.3) is 11.5 Å². The number of amides is 1. The van der Waals surface area contributed by atoms with Crippen LogP contribution < -0.4 is 5.56 Å². The number of nitrogens with zero attached hydrogens (tertiary/aromatic N) is 3. The molecule has 1 N–H and O–H groups in total. The molecular weight excluding hydrogens is 352 g/mol. The SMILES string of the molecule is CCCN(Cc1nc2cc(Cl)ccc2c(=O)[nH]1)C(=O)c1ccnc(C)c1. The Bertz CT molecular complexity index is 1020. The van der Waals surface area contributed by atoms with Gasteiger partial charge in [-0.25, -0.2) is 4.98 Å². The standard InChI is InChI=1S/C19H19ClN4O2/c1-3-8-24(19(26)13-6-7-21-12(2)9-13)11-17-22-16-10-14(20)4-5-15(16)18(25)23-17/h4-7,9-10H,3,8,11H2,1-2H3,(H,22,23,25). The van der Waals surface area contributed by atoms with Gasteiger partial charge < -0.3 is 9.88 Å². The van der Waals surface area contributed by atoms with Gasteiger partial charge in [0.1, 0.15) is 5.82 Å². The number of benzene rings is 1. The summed E-state index contributed by atoms with van der Waals surface area (Å²) < 4.78 is 0. The van der Waals surface area contributed by atoms with Gasteiger partial charge in [0.2, 0.25) is 0 Å². The van der Waals surface area contributed by atoms with Crippen LogP contribution in [-0.4, -0.2) is 32.3 Å². The molecule has 7 heteroatoms. The Morgan fingerprint density at radius 2 is 2.08 bits per heavy atom. The lowest BCUT2D eigenvalue weighted by atomic mass is 10.2. The predicted octanol–water partition coefficient (Wildman–Crippen LogP) is 3.33. The third-order valence-corrected chi connectivity index (χ3v) is 4.22. The summed E-state index contributed by atoms with van der Waals surface area (Å²) in [6, 6.07) is 8.38. The lowest BCUT2D eigenvalue weighted by Gasteiger charge is -2.22. The van der Waals surface area contributed by atoms with Crippen molar-refractivity contribution in [1.82, 2.24) is 19.9 Å². The van der Waals surface area contributed by atoms with Gasteiger partial charge in [0.05, 0.1) is 17.4 Å². The molecule has 0 aliphatic carbocycles. The summed E-state index contributed by atoms with van der Waals surface area (Å²) in [6.45, 7) is 4.60. The number of nitrogens with one attached hydrogen (secondary N) is 1. The summed E-state index contributed by atoms with van der Waals surface area (Å²) in [4.78, 5) is 38.2. The molecule has 2 heterocycles. The fourth-order valence-corrected chi connectivity index (χ4v) is 2.97. The van der Waals surface area contributed by atoms with Crippen LogP contribution in [0.4, 0.5) is 0 Å². The molecule has 0 unspecified atom stereocenters. The molecule has 26 heavy (non-hydrogen) atoms. The van der Waals surface area contributed by atoms with Crippen molar-refractivity contribution >= 4 is 28.4 Å². The first kappa shape index (κ1) is 18.1. The molecule has 0 atom stereocenters. The number of H-pyrrole nitrogens is 1. The minimum absolute atomic E-state index is 0.119. The number of rotatable bonds is 5. The minimum Gasteiger partial charge on any atom is -0.331 e. The van der Waals surface area contributed by atoms with Gasteiger partial charge in [-0.2, -0.15) is 0 Å². The van der Waals surface area contributed by atoms with Crippen molar-refractivity contribution in [3.8, 4) is 0 Å². The Morgan fingerprint density at radius 3 is 2.81 bits per heavy atom.